The van der Waals surface area contributed by atoms with E-state index < -0.39 is 25.4 Å². The third-order valence-corrected chi connectivity index (χ3v) is 8.04. The molecule has 0 aromatic carbocycles. The van der Waals surface area contributed by atoms with E-state index >= 15 is 0 Å². The summed E-state index contributed by atoms with van der Waals surface area (Å²) in [6, 6.07) is 0. The number of hydrogen-bond donors (Lipinski definition) is 2. The average molecular weight is 492 g/mol. The van der Waals surface area contributed by atoms with Crippen molar-refractivity contribution < 1.29 is 32.7 Å². The van der Waals surface area contributed by atoms with Crippen LogP contribution in [0.25, 0.3) is 0 Å². The maximum Gasteiger partial charge on any atom is 0.428 e. The van der Waals surface area contributed by atoms with Crippen LogP contribution in [0.4, 0.5) is 4.79 Å². The summed E-state index contributed by atoms with van der Waals surface area (Å²) in [5.41, 5.74) is 2.61. The van der Waals surface area contributed by atoms with Gasteiger partial charge in [0.15, 0.2) is 5.78 Å². The normalized spacial score (nSPS) is 22.7. The summed E-state index contributed by atoms with van der Waals surface area (Å²) >= 11 is 0. The summed E-state index contributed by atoms with van der Waals surface area (Å²) in [6.07, 6.45) is 2.10. The topological polar surface area (TPSA) is 125 Å². The van der Waals surface area contributed by atoms with E-state index in [-0.39, 0.29) is 38.2 Å². The Balaban J connectivity index is 2.94. The maximum absolute atomic E-state index is 13.4. The van der Waals surface area contributed by atoms with Gasteiger partial charge >= 0.3 is 19.7 Å². The lowest BCUT2D eigenvalue weighted by Crippen LogP contribution is -2.42. The smallest absolute Gasteiger partial charge is 0.428 e. The second kappa shape index (κ2) is 14.7. The second-order valence-electron chi connectivity index (χ2n) is 8.60. The van der Waals surface area contributed by atoms with Crippen molar-refractivity contribution in [3.8, 4) is 0 Å². The zero-order valence-electron chi connectivity index (χ0n) is 21.1. The van der Waals surface area contributed by atoms with Gasteiger partial charge in [-0.25, -0.2) is 10.2 Å². The van der Waals surface area contributed by atoms with Gasteiger partial charge in [0, 0.05) is 0 Å². The molecule has 4 atom stereocenters. The van der Waals surface area contributed by atoms with Gasteiger partial charge in [-0.05, 0) is 58.3 Å². The quantitative estimate of drug-likeness (QED) is 0.169. The predicted octanol–water partition coefficient (Wildman–Crippen LogP) is 4.29. The highest BCUT2D eigenvalue weighted by Crippen LogP contribution is 2.52. The lowest BCUT2D eigenvalue weighted by molar-refractivity contribution is -0.141. The molecule has 1 rings (SSSR count). The van der Waals surface area contributed by atoms with Crippen molar-refractivity contribution in [2.24, 2.45) is 22.9 Å². The van der Waals surface area contributed by atoms with Crippen LogP contribution in [0.2, 0.25) is 0 Å². The molecule has 1 saturated carbocycles. The molecule has 1 fully saturated rings. The highest BCUT2D eigenvalue weighted by Gasteiger charge is 2.38. The van der Waals surface area contributed by atoms with Gasteiger partial charge in [-0.1, -0.05) is 27.2 Å². The van der Waals surface area contributed by atoms with Crippen LogP contribution in [0.5, 0.6) is 0 Å². The van der Waals surface area contributed by atoms with Gasteiger partial charge < -0.3 is 18.5 Å². The van der Waals surface area contributed by atoms with E-state index in [0.717, 1.165) is 19.3 Å². The van der Waals surface area contributed by atoms with Gasteiger partial charge in [0.1, 0.15) is 6.10 Å². The van der Waals surface area contributed by atoms with Crippen molar-refractivity contribution in [1.29, 1.82) is 0 Å². The first kappa shape index (κ1) is 29.6. The van der Waals surface area contributed by atoms with Crippen molar-refractivity contribution in [2.75, 3.05) is 26.4 Å². The summed E-state index contributed by atoms with van der Waals surface area (Å²) < 4.78 is 34.8. The molecule has 0 radical (unpaired) electrons. The van der Waals surface area contributed by atoms with E-state index in [0.29, 0.717) is 17.8 Å². The van der Waals surface area contributed by atoms with E-state index in [1.54, 1.807) is 27.7 Å². The molecule has 0 saturated heterocycles. The van der Waals surface area contributed by atoms with Gasteiger partial charge in [0.05, 0.1) is 32.1 Å². The molecule has 0 bridgehead atoms. The van der Waals surface area contributed by atoms with Gasteiger partial charge in [0.2, 0.25) is 0 Å². The van der Waals surface area contributed by atoms with Gasteiger partial charge in [-0.15, -0.1) is 0 Å². The van der Waals surface area contributed by atoms with Gasteiger partial charge in [-0.3, -0.25) is 14.7 Å². The zero-order valence-corrected chi connectivity index (χ0v) is 22.0. The van der Waals surface area contributed by atoms with Crippen molar-refractivity contribution in [3.05, 3.63) is 0 Å². The van der Waals surface area contributed by atoms with Crippen molar-refractivity contribution in [2.45, 2.75) is 79.6 Å². The van der Waals surface area contributed by atoms with Gasteiger partial charge in [-0.2, -0.15) is 5.10 Å². The number of ether oxygens (including phenoxy) is 2. The fourth-order valence-corrected chi connectivity index (χ4v) is 5.96. The molecule has 0 aliphatic heterocycles. The Morgan fingerprint density at radius 3 is 2.27 bits per heavy atom. The van der Waals surface area contributed by atoms with E-state index in [2.05, 4.69) is 36.6 Å². The molecule has 11 heteroatoms. The van der Waals surface area contributed by atoms with Crippen molar-refractivity contribution in [3.63, 3.8) is 0 Å². The summed E-state index contributed by atoms with van der Waals surface area (Å²) in [4.78, 5) is 24.3. The maximum atomic E-state index is 13.4. The third-order valence-electron chi connectivity index (χ3n) is 5.62. The Morgan fingerprint density at radius 1 is 1.09 bits per heavy atom. The second-order valence-corrected chi connectivity index (χ2v) is 10.7. The fourth-order valence-electron chi connectivity index (χ4n) is 4.04. The largest absolute Gasteiger partial charge is 0.465 e. The molecule has 1 aliphatic carbocycles. The van der Waals surface area contributed by atoms with Crippen LogP contribution < -0.4 is 10.7 Å². The number of nitrogens with zero attached hydrogens (tertiary/aromatic N) is 1. The molecule has 10 nitrogen and oxygen atoms in total. The molecular weight excluding hydrogens is 449 g/mol. The molecule has 0 spiro atoms. The number of rotatable bonds is 13. The minimum Gasteiger partial charge on any atom is -0.465 e. The molecule has 0 heterocycles. The van der Waals surface area contributed by atoms with Gasteiger partial charge in [0.25, 0.3) is 0 Å². The Kier molecular flexibility index (Phi) is 13.2. The van der Waals surface area contributed by atoms with Crippen LogP contribution in [0.3, 0.4) is 0 Å². The summed E-state index contributed by atoms with van der Waals surface area (Å²) in [5, 5.41) is 6.92. The van der Waals surface area contributed by atoms with Crippen LogP contribution in [0, 0.1) is 17.8 Å². The fraction of sp³-hybridized carbons (Fsp3) is 0.864. The number of carbonyl (C=O) groups excluding carboxylic acids is 2. The van der Waals surface area contributed by atoms with E-state index in [4.69, 9.17) is 18.5 Å². The number of carbonyl (C=O) groups is 2. The van der Waals surface area contributed by atoms with Crippen molar-refractivity contribution >= 4 is 25.4 Å². The Bertz CT molecular complexity index is 691. The summed E-state index contributed by atoms with van der Waals surface area (Å²) in [5.74, 6) is -0.385. The van der Waals surface area contributed by atoms with Crippen LogP contribution >= 0.6 is 7.60 Å². The molecule has 1 amide bonds. The molecule has 1 unspecified atom stereocenters. The molecule has 0 aromatic rings. The monoisotopic (exact) mass is 491 g/mol. The zero-order chi connectivity index (χ0) is 25.0. The first-order chi connectivity index (χ1) is 15.6. The Morgan fingerprint density at radius 2 is 1.73 bits per heavy atom. The van der Waals surface area contributed by atoms with Crippen LogP contribution in [0.1, 0.15) is 67.7 Å². The number of amides is 1. The SMILES string of the molecule is CCOC(=O)CNC(/C(C)=N/NC(=O)O[C@@H]1C[C@H](C)CC[C@H]1C(C)C)P(=O)(OCC)OCC. The number of hydrogen-bond acceptors (Lipinski definition) is 9. The predicted molar refractivity (Wildman–Crippen MR) is 127 cm³/mol. The van der Waals surface area contributed by atoms with E-state index in [1.807, 2.05) is 0 Å². The highest BCUT2D eigenvalue weighted by atomic mass is 31.2. The minimum atomic E-state index is -3.73. The third kappa shape index (κ3) is 9.73. The van der Waals surface area contributed by atoms with Crippen LogP contribution in [-0.4, -0.2) is 56.0 Å². The summed E-state index contributed by atoms with van der Waals surface area (Å²) in [6.45, 7) is 13.3. The Labute approximate surface area is 198 Å². The van der Waals surface area contributed by atoms with E-state index in [1.165, 1.54) is 0 Å². The number of nitrogens with one attached hydrogen (secondary N) is 2. The molecule has 1 aliphatic rings. The van der Waals surface area contributed by atoms with Crippen molar-refractivity contribution in [1.82, 2.24) is 10.7 Å². The van der Waals surface area contributed by atoms with E-state index in [9.17, 15) is 14.2 Å². The average Bonchev–Trinajstić information content (AvgIpc) is 2.72. The minimum absolute atomic E-state index is 0.133. The molecule has 33 heavy (non-hydrogen) atoms. The molecule has 192 valence electrons. The first-order valence-corrected chi connectivity index (χ1v) is 13.5. The highest BCUT2D eigenvalue weighted by molar-refractivity contribution is 7.55. The molecule has 2 N–H and O–H groups in total. The first-order valence-electron chi connectivity index (χ1n) is 11.9. The lowest BCUT2D eigenvalue weighted by Gasteiger charge is -2.36. The lowest BCUT2D eigenvalue weighted by atomic mass is 9.75. The molecule has 0 aromatic heterocycles. The Hall–Kier alpha value is -1.48. The van der Waals surface area contributed by atoms with Crippen LogP contribution in [0.15, 0.2) is 5.10 Å². The molecular formula is C22H42N3O7P. The van der Waals surface area contributed by atoms with Crippen LogP contribution in [-0.2, 0) is 27.9 Å². The number of hydrazone groups is 1. The standard InChI is InChI=1S/C22H42N3O7P/c1-8-29-20(26)14-23-21(33(28,30-9-2)31-10-3)17(7)24-25-22(27)32-19-13-16(6)11-12-18(19)15(4)5/h15-16,18-19,21,23H,8-14H2,1-7H3,(H,25,27)/b24-17+/t16-,18+,19-,21?/m1/s1. The number of esters is 1. The summed E-state index contributed by atoms with van der Waals surface area (Å²) in [7, 11) is -3.73.